The lowest BCUT2D eigenvalue weighted by molar-refractivity contribution is 0.0802. The molecule has 1 saturated carbocycles. The number of hydrogen-bond acceptors (Lipinski definition) is 5. The van der Waals surface area contributed by atoms with Gasteiger partial charge >= 0.3 is 0 Å². The molecular weight excluding hydrogens is 246 g/mol. The van der Waals surface area contributed by atoms with Gasteiger partial charge in [-0.3, -0.25) is 4.79 Å². The van der Waals surface area contributed by atoms with E-state index in [0.29, 0.717) is 5.82 Å². The zero-order chi connectivity index (χ0) is 13.3. The number of carbonyl (C=O) groups is 1. The van der Waals surface area contributed by atoms with Gasteiger partial charge in [0.15, 0.2) is 5.82 Å². The molecule has 0 bridgehead atoms. The van der Waals surface area contributed by atoms with E-state index in [2.05, 4.69) is 15.5 Å². The van der Waals surface area contributed by atoms with Crippen molar-refractivity contribution in [3.8, 4) is 5.75 Å². The summed E-state index contributed by atoms with van der Waals surface area (Å²) < 4.78 is 4.75. The van der Waals surface area contributed by atoms with Gasteiger partial charge in [-0.1, -0.05) is 17.3 Å². The number of benzene rings is 1. The molecule has 98 valence electrons. The molecular formula is C13H13N3O3. The Morgan fingerprint density at radius 1 is 1.37 bits per heavy atom. The van der Waals surface area contributed by atoms with Crippen LogP contribution in [-0.4, -0.2) is 21.2 Å². The third-order valence-corrected chi connectivity index (χ3v) is 3.50. The molecule has 19 heavy (non-hydrogen) atoms. The van der Waals surface area contributed by atoms with Gasteiger partial charge in [-0.15, -0.1) is 0 Å². The first kappa shape index (κ1) is 11.7. The summed E-state index contributed by atoms with van der Waals surface area (Å²) in [5, 5.41) is 16.4. The van der Waals surface area contributed by atoms with Gasteiger partial charge in [0, 0.05) is 0 Å². The zero-order valence-corrected chi connectivity index (χ0v) is 10.2. The third-order valence-electron chi connectivity index (χ3n) is 3.50. The average molecular weight is 259 g/mol. The largest absolute Gasteiger partial charge is 0.507 e. The Morgan fingerprint density at radius 3 is 2.74 bits per heavy atom. The number of nitrogens with one attached hydrogen (secondary N) is 1. The monoisotopic (exact) mass is 259 g/mol. The molecule has 6 heteroatoms. The summed E-state index contributed by atoms with van der Waals surface area (Å²) in [6.07, 6.45) is 3.79. The van der Waals surface area contributed by atoms with Crippen molar-refractivity contribution >= 4 is 5.91 Å². The molecule has 1 aromatic carbocycles. The molecule has 0 unspecified atom stereocenters. The van der Waals surface area contributed by atoms with Gasteiger partial charge in [0.2, 0.25) is 6.39 Å². The Morgan fingerprint density at radius 2 is 2.16 bits per heavy atom. The van der Waals surface area contributed by atoms with Gasteiger partial charge in [0.05, 0.1) is 5.56 Å². The number of carbonyl (C=O) groups excluding carboxylic acids is 1. The number of phenols is 1. The Kier molecular flexibility index (Phi) is 2.70. The molecule has 0 radical (unpaired) electrons. The van der Waals surface area contributed by atoms with Gasteiger partial charge in [0.25, 0.3) is 5.91 Å². The highest BCUT2D eigenvalue weighted by molar-refractivity contribution is 5.97. The summed E-state index contributed by atoms with van der Waals surface area (Å²) in [5.41, 5.74) is -0.316. The van der Waals surface area contributed by atoms with Crippen LogP contribution in [0.5, 0.6) is 5.75 Å². The molecule has 2 aromatic rings. The molecule has 1 heterocycles. The minimum Gasteiger partial charge on any atom is -0.507 e. The predicted octanol–water partition coefficient (Wildman–Crippen LogP) is 1.58. The van der Waals surface area contributed by atoms with Crippen LogP contribution in [0.4, 0.5) is 0 Å². The fourth-order valence-corrected chi connectivity index (χ4v) is 2.27. The van der Waals surface area contributed by atoms with Crippen LogP contribution in [-0.2, 0) is 5.54 Å². The second-order valence-electron chi connectivity index (χ2n) is 4.66. The molecule has 6 nitrogen and oxygen atoms in total. The molecule has 0 atom stereocenters. The molecule has 0 aliphatic heterocycles. The van der Waals surface area contributed by atoms with Crippen LogP contribution in [0.15, 0.2) is 35.2 Å². The van der Waals surface area contributed by atoms with Crippen molar-refractivity contribution in [2.45, 2.75) is 24.8 Å². The highest BCUT2D eigenvalue weighted by Crippen LogP contribution is 2.39. The number of para-hydroxylation sites is 1. The maximum atomic E-state index is 12.2. The van der Waals surface area contributed by atoms with Gasteiger partial charge in [-0.2, -0.15) is 4.98 Å². The lowest BCUT2D eigenvalue weighted by atomic mass is 9.76. The SMILES string of the molecule is O=C(NC1(c2ncon2)CCC1)c1ccccc1O. The Bertz CT molecular complexity index is 591. The number of aromatic nitrogens is 2. The standard InChI is InChI=1S/C13H13N3O3/c17-10-5-2-1-4-9(10)11(18)15-13(6-3-7-13)12-14-8-19-16-12/h1-2,4-5,8,17H,3,6-7H2,(H,15,18). The van der Waals surface area contributed by atoms with E-state index in [0.717, 1.165) is 19.3 Å². The van der Waals surface area contributed by atoms with Crippen molar-refractivity contribution in [2.75, 3.05) is 0 Å². The number of hydrogen-bond donors (Lipinski definition) is 2. The van der Waals surface area contributed by atoms with E-state index in [1.165, 1.54) is 12.5 Å². The summed E-state index contributed by atoms with van der Waals surface area (Å²) in [6.45, 7) is 0. The first-order chi connectivity index (χ1) is 9.21. The summed E-state index contributed by atoms with van der Waals surface area (Å²) >= 11 is 0. The molecule has 1 aliphatic rings. The molecule has 3 rings (SSSR count). The second kappa shape index (κ2) is 4.38. The number of amides is 1. The minimum atomic E-state index is -0.563. The average Bonchev–Trinajstić information content (AvgIpc) is 2.88. The Labute approximate surface area is 109 Å². The molecule has 2 N–H and O–H groups in total. The molecule has 0 spiro atoms. The summed E-state index contributed by atoms with van der Waals surface area (Å²) in [4.78, 5) is 16.2. The van der Waals surface area contributed by atoms with Crippen LogP contribution in [0, 0.1) is 0 Å². The number of rotatable bonds is 3. The van der Waals surface area contributed by atoms with Gasteiger partial charge in [-0.25, -0.2) is 0 Å². The summed E-state index contributed by atoms with van der Waals surface area (Å²) in [7, 11) is 0. The highest BCUT2D eigenvalue weighted by atomic mass is 16.5. The minimum absolute atomic E-state index is 0.0393. The van der Waals surface area contributed by atoms with Crippen LogP contribution in [0.25, 0.3) is 0 Å². The van der Waals surface area contributed by atoms with Crippen LogP contribution in [0.3, 0.4) is 0 Å². The smallest absolute Gasteiger partial charge is 0.255 e. The van der Waals surface area contributed by atoms with Gasteiger partial charge in [-0.05, 0) is 31.4 Å². The third kappa shape index (κ3) is 1.95. The quantitative estimate of drug-likeness (QED) is 0.873. The molecule has 1 fully saturated rings. The van der Waals surface area contributed by atoms with Crippen LogP contribution >= 0.6 is 0 Å². The van der Waals surface area contributed by atoms with E-state index < -0.39 is 5.54 Å². The lowest BCUT2D eigenvalue weighted by Gasteiger charge is -2.39. The first-order valence-corrected chi connectivity index (χ1v) is 6.09. The fraction of sp³-hybridized carbons (Fsp3) is 0.308. The number of nitrogens with zero attached hydrogens (tertiary/aromatic N) is 2. The van der Waals surface area contributed by atoms with Crippen molar-refractivity contribution in [3.05, 3.63) is 42.0 Å². The topological polar surface area (TPSA) is 88.3 Å². The van der Waals surface area contributed by atoms with Crippen LogP contribution < -0.4 is 5.32 Å². The predicted molar refractivity (Wildman–Crippen MR) is 65.4 cm³/mol. The van der Waals surface area contributed by atoms with E-state index in [1.807, 2.05) is 0 Å². The van der Waals surface area contributed by atoms with Gasteiger partial charge in [0.1, 0.15) is 11.3 Å². The Hall–Kier alpha value is -2.37. The van der Waals surface area contributed by atoms with Crippen molar-refractivity contribution in [2.24, 2.45) is 0 Å². The molecule has 0 saturated heterocycles. The van der Waals surface area contributed by atoms with Crippen LogP contribution in [0.2, 0.25) is 0 Å². The van der Waals surface area contributed by atoms with Gasteiger partial charge < -0.3 is 14.9 Å². The van der Waals surface area contributed by atoms with E-state index >= 15 is 0 Å². The van der Waals surface area contributed by atoms with Crippen molar-refractivity contribution in [1.82, 2.24) is 15.5 Å². The number of phenolic OH excluding ortho intramolecular Hbond substituents is 1. The van der Waals surface area contributed by atoms with E-state index in [-0.39, 0.29) is 17.2 Å². The van der Waals surface area contributed by atoms with E-state index in [9.17, 15) is 9.90 Å². The first-order valence-electron chi connectivity index (χ1n) is 6.09. The molecule has 1 amide bonds. The van der Waals surface area contributed by atoms with Crippen molar-refractivity contribution in [3.63, 3.8) is 0 Å². The molecule has 1 aliphatic carbocycles. The van der Waals surface area contributed by atoms with Crippen molar-refractivity contribution in [1.29, 1.82) is 0 Å². The summed E-state index contributed by atoms with van der Waals surface area (Å²) in [6, 6.07) is 6.44. The van der Waals surface area contributed by atoms with E-state index in [1.54, 1.807) is 18.2 Å². The maximum Gasteiger partial charge on any atom is 0.255 e. The van der Waals surface area contributed by atoms with E-state index in [4.69, 9.17) is 4.52 Å². The maximum absolute atomic E-state index is 12.2. The van der Waals surface area contributed by atoms with Crippen molar-refractivity contribution < 1.29 is 14.4 Å². The molecule has 1 aromatic heterocycles. The van der Waals surface area contributed by atoms with Crippen LogP contribution in [0.1, 0.15) is 35.4 Å². The normalized spacial score (nSPS) is 16.6. The number of aromatic hydroxyl groups is 1. The Balaban J connectivity index is 1.85. The lowest BCUT2D eigenvalue weighted by Crippen LogP contribution is -2.51. The fourth-order valence-electron chi connectivity index (χ4n) is 2.27. The zero-order valence-electron chi connectivity index (χ0n) is 10.2. The second-order valence-corrected chi connectivity index (χ2v) is 4.66. The summed E-state index contributed by atoms with van der Waals surface area (Å²) in [5.74, 6) is 0.118. The highest BCUT2D eigenvalue weighted by Gasteiger charge is 2.44.